The van der Waals surface area contributed by atoms with E-state index in [-0.39, 0.29) is 22.9 Å². The third-order valence-corrected chi connectivity index (χ3v) is 4.82. The first kappa shape index (κ1) is 18.2. The van der Waals surface area contributed by atoms with E-state index in [1.807, 2.05) is 17.7 Å². The number of nitrogens with one attached hydrogen (secondary N) is 1. The van der Waals surface area contributed by atoms with Gasteiger partial charge in [-0.15, -0.1) is 0 Å². The predicted molar refractivity (Wildman–Crippen MR) is 102 cm³/mol. The summed E-state index contributed by atoms with van der Waals surface area (Å²) in [7, 11) is 0. The molecule has 0 aromatic carbocycles. The summed E-state index contributed by atoms with van der Waals surface area (Å²) in [5.74, 6) is -0.0125. The Morgan fingerprint density at radius 1 is 1.29 bits per heavy atom. The minimum Gasteiger partial charge on any atom is -0.504 e. The fourth-order valence-electron chi connectivity index (χ4n) is 3.38. The molecule has 0 atom stereocenters. The molecule has 9 heteroatoms. The molecule has 28 heavy (non-hydrogen) atoms. The summed E-state index contributed by atoms with van der Waals surface area (Å²) in [5, 5.41) is 17.4. The number of carbonyl (C=O) groups excluding carboxylic acids is 1. The van der Waals surface area contributed by atoms with Crippen LogP contribution in [0, 0.1) is 0 Å². The average Bonchev–Trinajstić information content (AvgIpc) is 3.09. The van der Waals surface area contributed by atoms with Crippen molar-refractivity contribution in [2.45, 2.75) is 39.5 Å². The SMILES string of the molecule is CCC(=O)NCc1cc2n(n1)CCN(Cc1cc(=O)n3cccc(O)c3n1)C2. The van der Waals surface area contributed by atoms with E-state index in [1.54, 1.807) is 12.3 Å². The predicted octanol–water partition coefficient (Wildman–Crippen LogP) is 0.639. The van der Waals surface area contributed by atoms with Gasteiger partial charge < -0.3 is 10.4 Å². The third kappa shape index (κ3) is 3.61. The van der Waals surface area contributed by atoms with E-state index in [2.05, 4.69) is 20.3 Å². The quantitative estimate of drug-likeness (QED) is 0.671. The third-order valence-electron chi connectivity index (χ3n) is 4.82. The summed E-state index contributed by atoms with van der Waals surface area (Å²) < 4.78 is 3.29. The van der Waals surface area contributed by atoms with Crippen molar-refractivity contribution in [2.24, 2.45) is 0 Å². The summed E-state index contributed by atoms with van der Waals surface area (Å²) in [6, 6.07) is 6.63. The van der Waals surface area contributed by atoms with E-state index in [0.29, 0.717) is 31.7 Å². The zero-order valence-corrected chi connectivity index (χ0v) is 15.6. The molecular weight excluding hydrogens is 360 g/mol. The molecule has 2 N–H and O–H groups in total. The number of hydrogen-bond acceptors (Lipinski definition) is 6. The molecule has 0 radical (unpaired) electrons. The number of carbonyl (C=O) groups is 1. The smallest absolute Gasteiger partial charge is 0.258 e. The van der Waals surface area contributed by atoms with Crippen LogP contribution in [0.25, 0.3) is 5.65 Å². The normalized spacial score (nSPS) is 14.2. The Morgan fingerprint density at radius 3 is 2.96 bits per heavy atom. The number of fused-ring (bicyclic) bond motifs is 2. The highest BCUT2D eigenvalue weighted by Gasteiger charge is 2.19. The lowest BCUT2D eigenvalue weighted by Gasteiger charge is -2.27. The highest BCUT2D eigenvalue weighted by atomic mass is 16.3. The van der Waals surface area contributed by atoms with Crippen molar-refractivity contribution in [1.29, 1.82) is 0 Å². The molecule has 0 bridgehead atoms. The van der Waals surface area contributed by atoms with Gasteiger partial charge in [-0.25, -0.2) is 4.98 Å². The van der Waals surface area contributed by atoms with Crippen LogP contribution < -0.4 is 10.9 Å². The molecule has 146 valence electrons. The first-order chi connectivity index (χ1) is 13.5. The second-order valence-corrected chi connectivity index (χ2v) is 6.86. The molecule has 0 saturated carbocycles. The van der Waals surface area contributed by atoms with E-state index in [0.717, 1.165) is 24.5 Å². The van der Waals surface area contributed by atoms with Crippen LogP contribution in [0.3, 0.4) is 0 Å². The molecular formula is C19H22N6O3. The maximum atomic E-state index is 12.3. The highest BCUT2D eigenvalue weighted by Crippen LogP contribution is 2.17. The first-order valence-corrected chi connectivity index (χ1v) is 9.28. The second-order valence-electron chi connectivity index (χ2n) is 6.86. The zero-order chi connectivity index (χ0) is 19.7. The van der Waals surface area contributed by atoms with E-state index >= 15 is 0 Å². The van der Waals surface area contributed by atoms with Crippen molar-refractivity contribution in [3.63, 3.8) is 0 Å². The molecule has 3 aromatic rings. The molecule has 1 aliphatic heterocycles. The van der Waals surface area contributed by atoms with Crippen LogP contribution in [0.15, 0.2) is 35.3 Å². The summed E-state index contributed by atoms with van der Waals surface area (Å²) in [6.45, 7) is 4.93. The van der Waals surface area contributed by atoms with Gasteiger partial charge in [-0.05, 0) is 18.2 Å². The van der Waals surface area contributed by atoms with E-state index in [1.165, 1.54) is 16.5 Å². The van der Waals surface area contributed by atoms with E-state index in [9.17, 15) is 14.7 Å². The van der Waals surface area contributed by atoms with Crippen LogP contribution in [0.1, 0.15) is 30.4 Å². The summed E-state index contributed by atoms with van der Waals surface area (Å²) in [5.41, 5.74) is 2.57. The molecule has 0 spiro atoms. The average molecular weight is 382 g/mol. The van der Waals surface area contributed by atoms with Crippen molar-refractivity contribution < 1.29 is 9.90 Å². The molecule has 0 unspecified atom stereocenters. The molecule has 0 saturated heterocycles. The van der Waals surface area contributed by atoms with Crippen LogP contribution in [0.5, 0.6) is 5.75 Å². The molecule has 9 nitrogen and oxygen atoms in total. The summed E-state index contributed by atoms with van der Waals surface area (Å²) >= 11 is 0. The van der Waals surface area contributed by atoms with Crippen molar-refractivity contribution >= 4 is 11.6 Å². The Balaban J connectivity index is 1.49. The number of aromatic nitrogens is 4. The fraction of sp³-hybridized carbons (Fsp3) is 0.368. The molecule has 0 aliphatic carbocycles. The molecule has 4 rings (SSSR count). The largest absolute Gasteiger partial charge is 0.504 e. The standard InChI is InChI=1S/C19H22N6O3/c1-2-17(27)20-10-13-8-15-12-23(6-7-25(15)22-13)11-14-9-18(28)24-5-3-4-16(26)19(24)21-14/h3-5,8-9,26H,2,6-7,10-12H2,1H3,(H,20,27). The Labute approximate surface area is 161 Å². The van der Waals surface area contributed by atoms with Crippen LogP contribution in [-0.4, -0.2) is 41.6 Å². The van der Waals surface area contributed by atoms with Crippen LogP contribution in [-0.2, 0) is 31.0 Å². The van der Waals surface area contributed by atoms with Gasteiger partial charge in [-0.3, -0.25) is 23.6 Å². The molecule has 1 amide bonds. The van der Waals surface area contributed by atoms with E-state index < -0.39 is 0 Å². The van der Waals surface area contributed by atoms with Crippen molar-refractivity contribution in [3.05, 3.63) is 57.9 Å². The monoisotopic (exact) mass is 382 g/mol. The first-order valence-electron chi connectivity index (χ1n) is 9.28. The zero-order valence-electron chi connectivity index (χ0n) is 15.6. The van der Waals surface area contributed by atoms with Gasteiger partial charge in [0.2, 0.25) is 5.91 Å². The van der Waals surface area contributed by atoms with Crippen LogP contribution in [0.2, 0.25) is 0 Å². The van der Waals surface area contributed by atoms with E-state index in [4.69, 9.17) is 0 Å². The van der Waals surface area contributed by atoms with Gasteiger partial charge in [-0.2, -0.15) is 5.10 Å². The maximum absolute atomic E-state index is 12.3. The molecule has 3 aromatic heterocycles. The number of rotatable bonds is 5. The van der Waals surface area contributed by atoms with Gasteiger partial charge in [0.15, 0.2) is 11.4 Å². The maximum Gasteiger partial charge on any atom is 0.258 e. The Kier molecular flexibility index (Phi) is 4.82. The Morgan fingerprint density at radius 2 is 2.14 bits per heavy atom. The molecule has 1 aliphatic rings. The lowest BCUT2D eigenvalue weighted by Crippen LogP contribution is -2.34. The van der Waals surface area contributed by atoms with Crippen molar-refractivity contribution in [2.75, 3.05) is 6.54 Å². The summed E-state index contributed by atoms with van der Waals surface area (Å²) in [4.78, 5) is 30.3. The van der Waals surface area contributed by atoms with Crippen molar-refractivity contribution in [3.8, 4) is 5.75 Å². The Bertz CT molecular complexity index is 1090. The molecule has 4 heterocycles. The second kappa shape index (κ2) is 7.43. The van der Waals surface area contributed by atoms with Gasteiger partial charge in [0.25, 0.3) is 5.56 Å². The van der Waals surface area contributed by atoms with Gasteiger partial charge in [-0.1, -0.05) is 6.92 Å². The number of hydrogen-bond donors (Lipinski definition) is 2. The van der Waals surface area contributed by atoms with Gasteiger partial charge in [0.05, 0.1) is 30.2 Å². The number of amides is 1. The minimum atomic E-state index is -0.216. The van der Waals surface area contributed by atoms with Gasteiger partial charge in [0, 0.05) is 38.3 Å². The molecule has 0 fully saturated rings. The number of aromatic hydroxyl groups is 1. The van der Waals surface area contributed by atoms with Gasteiger partial charge in [0.1, 0.15) is 0 Å². The summed E-state index contributed by atoms with van der Waals surface area (Å²) in [6.07, 6.45) is 2.04. The lowest BCUT2D eigenvalue weighted by molar-refractivity contribution is -0.120. The fourth-order valence-corrected chi connectivity index (χ4v) is 3.38. The minimum absolute atomic E-state index is 0.00418. The van der Waals surface area contributed by atoms with Crippen LogP contribution in [0.4, 0.5) is 0 Å². The van der Waals surface area contributed by atoms with Gasteiger partial charge >= 0.3 is 0 Å². The lowest BCUT2D eigenvalue weighted by atomic mass is 10.2. The number of pyridine rings is 1. The number of nitrogens with zero attached hydrogens (tertiary/aromatic N) is 5. The Hall–Kier alpha value is -3.20. The highest BCUT2D eigenvalue weighted by molar-refractivity contribution is 5.75. The topological polar surface area (TPSA) is 105 Å². The van der Waals surface area contributed by atoms with Crippen molar-refractivity contribution in [1.82, 2.24) is 29.4 Å². The van der Waals surface area contributed by atoms with Crippen LogP contribution >= 0.6 is 0 Å².